The molecule has 0 radical (unpaired) electrons. The Morgan fingerprint density at radius 2 is 1.59 bits per heavy atom. The highest BCUT2D eigenvalue weighted by molar-refractivity contribution is 7.89. The Morgan fingerprint density at radius 3 is 2.14 bits per heavy atom. The van der Waals surface area contributed by atoms with E-state index >= 15 is 0 Å². The first-order valence-electron chi connectivity index (χ1n) is 9.47. The van der Waals surface area contributed by atoms with Crippen LogP contribution in [0.4, 0.5) is 0 Å². The summed E-state index contributed by atoms with van der Waals surface area (Å²) in [5.74, 6) is 0.433. The normalized spacial score (nSPS) is 16.5. The topological polar surface area (TPSA) is 66.9 Å². The maximum Gasteiger partial charge on any atom is 0.263 e. The Balaban J connectivity index is 1.61. The van der Waals surface area contributed by atoms with E-state index < -0.39 is 16.1 Å². The maximum atomic E-state index is 12.8. The van der Waals surface area contributed by atoms with E-state index in [1.54, 1.807) is 42.2 Å². The van der Waals surface area contributed by atoms with Crippen molar-refractivity contribution < 1.29 is 17.9 Å². The molecule has 0 saturated carbocycles. The van der Waals surface area contributed by atoms with E-state index in [4.69, 9.17) is 16.3 Å². The first-order chi connectivity index (χ1) is 13.7. The van der Waals surface area contributed by atoms with E-state index in [9.17, 15) is 13.2 Å². The zero-order chi connectivity index (χ0) is 21.2. The van der Waals surface area contributed by atoms with Gasteiger partial charge in [-0.1, -0.05) is 29.8 Å². The number of ether oxygens (including phenoxy) is 1. The molecule has 1 aliphatic heterocycles. The second kappa shape index (κ2) is 8.73. The lowest BCUT2D eigenvalue weighted by Gasteiger charge is -2.35. The van der Waals surface area contributed by atoms with Crippen molar-refractivity contribution in [2.45, 2.75) is 31.8 Å². The monoisotopic (exact) mass is 436 g/mol. The number of hydrogen-bond donors (Lipinski definition) is 0. The molecule has 1 amide bonds. The summed E-state index contributed by atoms with van der Waals surface area (Å²) in [4.78, 5) is 14.7. The van der Waals surface area contributed by atoms with E-state index in [0.29, 0.717) is 23.9 Å². The second-order valence-electron chi connectivity index (χ2n) is 7.17. The number of sulfonamides is 1. The number of piperazine rings is 1. The average Bonchev–Trinajstić information content (AvgIpc) is 2.72. The van der Waals surface area contributed by atoms with E-state index in [1.807, 2.05) is 26.0 Å². The van der Waals surface area contributed by atoms with Gasteiger partial charge in [0, 0.05) is 31.2 Å². The van der Waals surface area contributed by atoms with Gasteiger partial charge in [0.1, 0.15) is 5.75 Å². The quantitative estimate of drug-likeness (QED) is 0.721. The van der Waals surface area contributed by atoms with Crippen molar-refractivity contribution in [1.82, 2.24) is 9.21 Å². The van der Waals surface area contributed by atoms with E-state index in [-0.39, 0.29) is 23.9 Å². The number of amides is 1. The summed E-state index contributed by atoms with van der Waals surface area (Å²) >= 11 is 6.18. The lowest BCUT2D eigenvalue weighted by atomic mass is 10.1. The SMILES string of the molecule is Cc1cc(O[C@@H](C)C(=O)N2CCN(S(=O)(=O)c3ccccc3)CC2)cc(C)c1Cl. The molecule has 1 saturated heterocycles. The second-order valence-corrected chi connectivity index (χ2v) is 9.49. The molecule has 0 aliphatic carbocycles. The van der Waals surface area contributed by atoms with Crippen LogP contribution in [0.5, 0.6) is 5.75 Å². The third kappa shape index (κ3) is 4.74. The van der Waals surface area contributed by atoms with Crippen molar-refractivity contribution in [2.24, 2.45) is 0 Å². The summed E-state index contributed by atoms with van der Waals surface area (Å²) in [6.07, 6.45) is -0.674. The fourth-order valence-electron chi connectivity index (χ4n) is 3.38. The van der Waals surface area contributed by atoms with Crippen LogP contribution in [0.3, 0.4) is 0 Å². The molecular formula is C21H25ClN2O4S. The Kier molecular flexibility index (Phi) is 6.51. The van der Waals surface area contributed by atoms with Gasteiger partial charge in [0.25, 0.3) is 5.91 Å². The van der Waals surface area contributed by atoms with Crippen LogP contribution in [0.15, 0.2) is 47.4 Å². The molecule has 8 heteroatoms. The van der Waals surface area contributed by atoms with Gasteiger partial charge in [-0.05, 0) is 56.2 Å². The summed E-state index contributed by atoms with van der Waals surface area (Å²) in [5.41, 5.74) is 1.78. The number of rotatable bonds is 5. The van der Waals surface area contributed by atoms with Crippen LogP contribution in [0, 0.1) is 13.8 Å². The predicted molar refractivity (Wildman–Crippen MR) is 113 cm³/mol. The van der Waals surface area contributed by atoms with Gasteiger partial charge in [-0.25, -0.2) is 8.42 Å². The van der Waals surface area contributed by atoms with Gasteiger partial charge in [-0.2, -0.15) is 4.31 Å². The van der Waals surface area contributed by atoms with E-state index in [0.717, 1.165) is 11.1 Å². The number of benzene rings is 2. The van der Waals surface area contributed by atoms with E-state index in [2.05, 4.69) is 0 Å². The minimum Gasteiger partial charge on any atom is -0.481 e. The first-order valence-corrected chi connectivity index (χ1v) is 11.3. The predicted octanol–water partition coefficient (Wildman–Crippen LogP) is 3.26. The highest BCUT2D eigenvalue weighted by atomic mass is 35.5. The summed E-state index contributed by atoms with van der Waals surface area (Å²) in [5, 5.41) is 0.687. The smallest absolute Gasteiger partial charge is 0.263 e. The molecule has 1 aliphatic rings. The summed E-state index contributed by atoms with van der Waals surface area (Å²) < 4.78 is 32.7. The molecule has 6 nitrogen and oxygen atoms in total. The molecule has 3 rings (SSSR count). The molecule has 2 aromatic carbocycles. The van der Waals surface area contributed by atoms with Crippen molar-refractivity contribution >= 4 is 27.5 Å². The highest BCUT2D eigenvalue weighted by Crippen LogP contribution is 2.27. The minimum atomic E-state index is -3.54. The maximum absolute atomic E-state index is 12.8. The largest absolute Gasteiger partial charge is 0.481 e. The van der Waals surface area contributed by atoms with Crippen LogP contribution in [0.25, 0.3) is 0 Å². The summed E-state index contributed by atoms with van der Waals surface area (Å²) in [6.45, 7) is 6.66. The number of halogens is 1. The Hall–Kier alpha value is -2.09. The van der Waals surface area contributed by atoms with Crippen LogP contribution >= 0.6 is 11.6 Å². The zero-order valence-corrected chi connectivity index (χ0v) is 18.3. The Morgan fingerprint density at radius 1 is 1.03 bits per heavy atom. The molecule has 2 aromatic rings. The van der Waals surface area contributed by atoms with Gasteiger partial charge >= 0.3 is 0 Å². The number of hydrogen-bond acceptors (Lipinski definition) is 4. The van der Waals surface area contributed by atoms with Gasteiger partial charge in [0.15, 0.2) is 6.10 Å². The van der Waals surface area contributed by atoms with Crippen molar-refractivity contribution in [3.8, 4) is 5.75 Å². The highest BCUT2D eigenvalue weighted by Gasteiger charge is 2.32. The summed E-state index contributed by atoms with van der Waals surface area (Å²) in [7, 11) is -3.54. The fourth-order valence-corrected chi connectivity index (χ4v) is 4.93. The van der Waals surface area contributed by atoms with Gasteiger partial charge in [0.2, 0.25) is 10.0 Å². The van der Waals surface area contributed by atoms with Crippen molar-refractivity contribution in [3.05, 3.63) is 58.6 Å². The lowest BCUT2D eigenvalue weighted by Crippen LogP contribution is -2.53. The molecule has 1 fully saturated rings. The number of nitrogens with zero attached hydrogens (tertiary/aromatic N) is 2. The summed E-state index contributed by atoms with van der Waals surface area (Å²) in [6, 6.07) is 12.0. The molecule has 1 heterocycles. The number of aryl methyl sites for hydroxylation is 2. The van der Waals surface area contributed by atoms with Crippen molar-refractivity contribution in [1.29, 1.82) is 0 Å². The Labute approximate surface area is 177 Å². The van der Waals surface area contributed by atoms with Gasteiger partial charge in [0.05, 0.1) is 4.90 Å². The third-order valence-electron chi connectivity index (χ3n) is 5.00. The van der Waals surface area contributed by atoms with Crippen molar-refractivity contribution in [3.63, 3.8) is 0 Å². The first kappa shape index (κ1) is 21.6. The molecule has 0 spiro atoms. The molecule has 0 N–H and O–H groups in total. The third-order valence-corrected chi connectivity index (χ3v) is 7.51. The molecule has 0 bridgehead atoms. The minimum absolute atomic E-state index is 0.160. The van der Waals surface area contributed by atoms with E-state index in [1.165, 1.54) is 4.31 Å². The molecule has 0 unspecified atom stereocenters. The van der Waals surface area contributed by atoms with Crippen LogP contribution in [-0.4, -0.2) is 55.8 Å². The van der Waals surface area contributed by atoms with Gasteiger partial charge < -0.3 is 9.64 Å². The zero-order valence-electron chi connectivity index (χ0n) is 16.8. The number of carbonyl (C=O) groups excluding carboxylic acids is 1. The molecular weight excluding hydrogens is 412 g/mol. The fraction of sp³-hybridized carbons (Fsp3) is 0.381. The van der Waals surface area contributed by atoms with Gasteiger partial charge in [-0.15, -0.1) is 0 Å². The number of carbonyl (C=O) groups is 1. The van der Waals surface area contributed by atoms with Crippen molar-refractivity contribution in [2.75, 3.05) is 26.2 Å². The lowest BCUT2D eigenvalue weighted by molar-refractivity contribution is -0.139. The standard InChI is InChI=1S/C21H25ClN2O4S/c1-15-13-18(14-16(2)20(15)22)28-17(3)21(25)23-9-11-24(12-10-23)29(26,27)19-7-5-4-6-8-19/h4-8,13-14,17H,9-12H2,1-3H3/t17-/m0/s1. The van der Waals surface area contributed by atoms with Crippen LogP contribution in [-0.2, 0) is 14.8 Å². The molecule has 0 aromatic heterocycles. The van der Waals surface area contributed by atoms with Gasteiger partial charge in [-0.3, -0.25) is 4.79 Å². The van der Waals surface area contributed by atoms with Crippen LogP contribution in [0.2, 0.25) is 5.02 Å². The molecule has 1 atom stereocenters. The average molecular weight is 437 g/mol. The molecule has 29 heavy (non-hydrogen) atoms. The molecule has 156 valence electrons. The van der Waals surface area contributed by atoms with Crippen LogP contribution < -0.4 is 4.74 Å². The Bertz CT molecular complexity index is 964. The van der Waals surface area contributed by atoms with Crippen LogP contribution in [0.1, 0.15) is 18.1 Å².